The van der Waals surface area contributed by atoms with E-state index in [1.54, 1.807) is 18.2 Å². The number of halogens is 2. The molecule has 182 valence electrons. The van der Waals surface area contributed by atoms with Crippen LogP contribution in [0.15, 0.2) is 39.3 Å². The summed E-state index contributed by atoms with van der Waals surface area (Å²) in [6.45, 7) is 7.13. The van der Waals surface area contributed by atoms with Gasteiger partial charge >= 0.3 is 0 Å². The van der Waals surface area contributed by atoms with Crippen molar-refractivity contribution in [2.45, 2.75) is 53.4 Å². The minimum Gasteiger partial charge on any atom is -0.397 e. The molecule has 0 radical (unpaired) electrons. The molecule has 9 heteroatoms. The maximum absolute atomic E-state index is 12.5. The van der Waals surface area contributed by atoms with Gasteiger partial charge in [-0.2, -0.15) is 0 Å². The third-order valence-electron chi connectivity index (χ3n) is 5.47. The third kappa shape index (κ3) is 6.76. The van der Waals surface area contributed by atoms with Gasteiger partial charge in [0.05, 0.1) is 11.1 Å². The van der Waals surface area contributed by atoms with Gasteiger partial charge in [-0.05, 0) is 80.1 Å². The van der Waals surface area contributed by atoms with Gasteiger partial charge in [-0.3, -0.25) is 24.5 Å². The number of hydrogen-bond acceptors (Lipinski definition) is 5. The van der Waals surface area contributed by atoms with Crippen LogP contribution in [0.25, 0.3) is 0 Å². The van der Waals surface area contributed by atoms with Crippen LogP contribution in [0, 0.1) is 5.41 Å². The number of rotatable bonds is 6. The second-order valence-electron chi connectivity index (χ2n) is 8.23. The Morgan fingerprint density at radius 3 is 2.15 bits per heavy atom. The minimum atomic E-state index is -0.704. The monoisotopic (exact) mass is 593 g/mol. The van der Waals surface area contributed by atoms with Crippen LogP contribution >= 0.6 is 31.9 Å². The van der Waals surface area contributed by atoms with Crippen LogP contribution in [-0.4, -0.2) is 23.5 Å². The Kier molecular flexibility index (Phi) is 9.58. The van der Waals surface area contributed by atoms with Crippen molar-refractivity contribution in [1.82, 2.24) is 5.32 Å². The van der Waals surface area contributed by atoms with E-state index in [4.69, 9.17) is 5.73 Å². The molecule has 2 aromatic rings. The third-order valence-corrected chi connectivity index (χ3v) is 6.78. The highest BCUT2D eigenvalue weighted by atomic mass is 79.9. The molecule has 1 aliphatic rings. The highest BCUT2D eigenvalue weighted by molar-refractivity contribution is 9.11. The molecule has 0 spiro atoms. The Labute approximate surface area is 216 Å². The van der Waals surface area contributed by atoms with Crippen molar-refractivity contribution in [3.05, 3.63) is 56.0 Å². The number of fused-ring (bicyclic) bond motifs is 1. The number of nitrogen functional groups attached to an aromatic ring is 1. The predicted octanol–water partition coefficient (Wildman–Crippen LogP) is 5.19. The van der Waals surface area contributed by atoms with Crippen LogP contribution in [0.4, 0.5) is 11.4 Å². The quantitative estimate of drug-likeness (QED) is 0.314. The van der Waals surface area contributed by atoms with Gasteiger partial charge in [0, 0.05) is 40.0 Å². The summed E-state index contributed by atoms with van der Waals surface area (Å²) in [7, 11) is 0. The maximum atomic E-state index is 12.5. The molecule has 2 aromatic carbocycles. The second-order valence-corrected chi connectivity index (χ2v) is 9.94. The summed E-state index contributed by atoms with van der Waals surface area (Å²) in [6, 6.07) is 8.78. The van der Waals surface area contributed by atoms with E-state index in [0.717, 1.165) is 11.1 Å². The Balaban J connectivity index is 0.00000199. The van der Waals surface area contributed by atoms with Gasteiger partial charge in [0.15, 0.2) is 5.78 Å². The van der Waals surface area contributed by atoms with E-state index in [1.807, 2.05) is 32.9 Å². The number of amides is 3. The molecule has 7 nitrogen and oxygen atoms in total. The van der Waals surface area contributed by atoms with Gasteiger partial charge in [-0.25, -0.2) is 0 Å². The highest BCUT2D eigenvalue weighted by Gasteiger charge is 2.40. The van der Waals surface area contributed by atoms with Crippen LogP contribution in [0.2, 0.25) is 0 Å². The molecular formula is C25H29Br2N3O4. The van der Waals surface area contributed by atoms with E-state index in [0.29, 0.717) is 38.7 Å². The van der Waals surface area contributed by atoms with Crippen molar-refractivity contribution in [3.63, 3.8) is 0 Å². The fourth-order valence-corrected chi connectivity index (χ4v) is 4.94. The fraction of sp³-hybridized carbons (Fsp3) is 0.360. The molecule has 4 N–H and O–H groups in total. The molecule has 3 rings (SSSR count). The molecule has 1 unspecified atom stereocenters. The molecule has 0 saturated carbocycles. The molecule has 0 aromatic heterocycles. The lowest BCUT2D eigenvalue weighted by Crippen LogP contribution is -2.41. The van der Waals surface area contributed by atoms with E-state index >= 15 is 0 Å². The zero-order chi connectivity index (χ0) is 25.6. The first-order valence-electron chi connectivity index (χ1n) is 11.0. The molecular weight excluding hydrogens is 566 g/mol. The smallest absolute Gasteiger partial charge is 0.233 e. The van der Waals surface area contributed by atoms with Crippen molar-refractivity contribution >= 4 is 66.7 Å². The zero-order valence-electron chi connectivity index (χ0n) is 19.7. The number of ketones is 1. The lowest BCUT2D eigenvalue weighted by molar-refractivity contribution is -0.135. The normalized spacial score (nSPS) is 16.1. The molecule has 0 saturated heterocycles. The summed E-state index contributed by atoms with van der Waals surface area (Å²) >= 11 is 6.63. The number of anilines is 2. The van der Waals surface area contributed by atoms with Gasteiger partial charge in [0.25, 0.3) is 0 Å². The molecule has 1 aliphatic carbocycles. The van der Waals surface area contributed by atoms with E-state index in [1.165, 1.54) is 6.92 Å². The number of carbonyl (C=O) groups excluding carboxylic acids is 4. The summed E-state index contributed by atoms with van der Waals surface area (Å²) in [4.78, 5) is 48.5. The lowest BCUT2D eigenvalue weighted by Gasteiger charge is -2.21. The van der Waals surface area contributed by atoms with E-state index in [2.05, 4.69) is 42.5 Å². The molecule has 1 atom stereocenters. The largest absolute Gasteiger partial charge is 0.397 e. The molecule has 0 aliphatic heterocycles. The Bertz CT molecular complexity index is 1110. The number of nitrogens with two attached hydrogens (primary N) is 1. The van der Waals surface area contributed by atoms with Crippen molar-refractivity contribution in [3.8, 4) is 0 Å². The summed E-state index contributed by atoms with van der Waals surface area (Å²) in [5, 5.41) is 5.18. The van der Waals surface area contributed by atoms with E-state index in [9.17, 15) is 19.2 Å². The highest BCUT2D eigenvalue weighted by Crippen LogP contribution is 2.38. The predicted molar refractivity (Wildman–Crippen MR) is 141 cm³/mol. The van der Waals surface area contributed by atoms with Gasteiger partial charge in [0.1, 0.15) is 0 Å². The average molecular weight is 595 g/mol. The number of nitrogens with one attached hydrogen (secondary N) is 2. The Morgan fingerprint density at radius 2 is 1.56 bits per heavy atom. The fourth-order valence-electron chi connectivity index (χ4n) is 3.76. The van der Waals surface area contributed by atoms with Gasteiger partial charge in [-0.1, -0.05) is 26.8 Å². The van der Waals surface area contributed by atoms with Crippen LogP contribution in [0.5, 0.6) is 0 Å². The van der Waals surface area contributed by atoms with Crippen molar-refractivity contribution in [2.75, 3.05) is 11.1 Å². The first-order chi connectivity index (χ1) is 16.0. The standard InChI is InChI=1S/C23H23Br2N3O4.C2H6/c1-12(29)27-22(32)23(2)10-13-3-4-16(7-15(13)11-23)28-20(31)6-5-19(30)14-8-17(24)21(26)18(25)9-14;1-2/h3-4,7-9H,5-6,10-11,26H2,1-2H3,(H,28,31)(H,27,29,32);1-2H3. The van der Waals surface area contributed by atoms with E-state index in [-0.39, 0.29) is 36.3 Å². The van der Waals surface area contributed by atoms with Crippen molar-refractivity contribution in [2.24, 2.45) is 5.41 Å². The summed E-state index contributed by atoms with van der Waals surface area (Å²) in [5.74, 6) is -1.12. The van der Waals surface area contributed by atoms with Crippen molar-refractivity contribution < 1.29 is 19.2 Å². The van der Waals surface area contributed by atoms with E-state index < -0.39 is 5.41 Å². The van der Waals surface area contributed by atoms with Gasteiger partial charge in [-0.15, -0.1) is 0 Å². The zero-order valence-corrected chi connectivity index (χ0v) is 22.9. The number of hydrogen-bond donors (Lipinski definition) is 3. The van der Waals surface area contributed by atoms with Gasteiger partial charge < -0.3 is 11.1 Å². The molecule has 0 fully saturated rings. The molecule has 3 amide bonds. The van der Waals surface area contributed by atoms with Crippen LogP contribution in [0.1, 0.15) is 62.0 Å². The summed E-state index contributed by atoms with van der Waals surface area (Å²) in [5.41, 5.74) is 8.69. The average Bonchev–Trinajstić information content (AvgIpc) is 3.13. The first-order valence-corrected chi connectivity index (χ1v) is 12.6. The van der Waals surface area contributed by atoms with Crippen LogP contribution in [0.3, 0.4) is 0 Å². The van der Waals surface area contributed by atoms with Crippen LogP contribution < -0.4 is 16.4 Å². The van der Waals surface area contributed by atoms with Gasteiger partial charge in [0.2, 0.25) is 17.7 Å². The second kappa shape index (κ2) is 11.8. The number of Topliss-reactive ketones (excluding diaryl/α,β-unsaturated/α-hetero) is 1. The topological polar surface area (TPSA) is 118 Å². The summed E-state index contributed by atoms with van der Waals surface area (Å²) in [6.07, 6.45) is 1.10. The number of carbonyl (C=O) groups is 4. The lowest BCUT2D eigenvalue weighted by atomic mass is 9.86. The van der Waals surface area contributed by atoms with Crippen LogP contribution in [-0.2, 0) is 27.2 Å². The number of imide groups is 1. The minimum absolute atomic E-state index is 0.0360. The summed E-state index contributed by atoms with van der Waals surface area (Å²) < 4.78 is 1.23. The van der Waals surface area contributed by atoms with Crippen molar-refractivity contribution in [1.29, 1.82) is 0 Å². The first kappa shape index (κ1) is 27.7. The molecule has 0 bridgehead atoms. The number of benzene rings is 2. The SMILES string of the molecule is CC.CC(=O)NC(=O)C1(C)Cc2ccc(NC(=O)CCC(=O)c3cc(Br)c(N)c(Br)c3)cc2C1. The maximum Gasteiger partial charge on any atom is 0.233 e. The molecule has 0 heterocycles. The molecule has 34 heavy (non-hydrogen) atoms. The Hall–Kier alpha value is -2.52. The Morgan fingerprint density at radius 1 is 0.971 bits per heavy atom.